The Labute approximate surface area is 167 Å². The normalized spacial score (nSPS) is 20.4. The fourth-order valence-corrected chi connectivity index (χ4v) is 4.77. The summed E-state index contributed by atoms with van der Waals surface area (Å²) in [6, 6.07) is 6.91. The van der Waals surface area contributed by atoms with E-state index in [9.17, 15) is 9.18 Å². The molecule has 1 aromatic carbocycles. The smallest absolute Gasteiger partial charge is 0.238 e. The molecule has 1 aliphatic heterocycles. The van der Waals surface area contributed by atoms with E-state index < -0.39 is 5.25 Å². The van der Waals surface area contributed by atoms with Crippen molar-refractivity contribution in [1.82, 2.24) is 20.1 Å². The third-order valence-electron chi connectivity index (χ3n) is 5.51. The maximum absolute atomic E-state index is 13.4. The molecular formula is C20H24FN5OS. The van der Waals surface area contributed by atoms with Gasteiger partial charge in [0.2, 0.25) is 11.9 Å². The zero-order valence-corrected chi connectivity index (χ0v) is 16.5. The Morgan fingerprint density at radius 2 is 1.82 bits per heavy atom. The topological polar surface area (TPSA) is 63.1 Å². The summed E-state index contributed by atoms with van der Waals surface area (Å²) in [7, 11) is 0. The van der Waals surface area contributed by atoms with Crippen molar-refractivity contribution >= 4 is 23.6 Å². The Morgan fingerprint density at radius 3 is 2.46 bits per heavy atom. The molecule has 5 rings (SSSR count). The molecule has 6 nitrogen and oxygen atoms in total. The van der Waals surface area contributed by atoms with Gasteiger partial charge in [0.05, 0.1) is 0 Å². The van der Waals surface area contributed by atoms with Crippen LogP contribution in [0, 0.1) is 5.82 Å². The van der Waals surface area contributed by atoms with Gasteiger partial charge in [-0.2, -0.15) is 0 Å². The van der Waals surface area contributed by atoms with Gasteiger partial charge in [-0.1, -0.05) is 23.9 Å². The minimum Gasteiger partial charge on any atom is -0.352 e. The first-order valence-corrected chi connectivity index (χ1v) is 11.0. The molecule has 1 saturated heterocycles. The monoisotopic (exact) mass is 401 g/mol. The van der Waals surface area contributed by atoms with E-state index in [1.165, 1.54) is 36.7 Å². The summed E-state index contributed by atoms with van der Waals surface area (Å²) in [4.78, 5) is 15.2. The Bertz CT molecular complexity index is 856. The minimum absolute atomic E-state index is 0.0350. The van der Waals surface area contributed by atoms with Crippen molar-refractivity contribution < 1.29 is 9.18 Å². The number of halogens is 1. The number of amides is 1. The van der Waals surface area contributed by atoms with Gasteiger partial charge in [-0.25, -0.2) is 4.39 Å². The zero-order chi connectivity index (χ0) is 19.1. The lowest BCUT2D eigenvalue weighted by Gasteiger charge is -2.20. The molecule has 1 atom stereocenters. The summed E-state index contributed by atoms with van der Waals surface area (Å²) < 4.78 is 15.6. The molecule has 1 N–H and O–H groups in total. The highest BCUT2D eigenvalue weighted by atomic mass is 32.2. The van der Waals surface area contributed by atoms with Crippen LogP contribution in [0.1, 0.15) is 55.4 Å². The zero-order valence-electron chi connectivity index (χ0n) is 15.7. The van der Waals surface area contributed by atoms with Gasteiger partial charge in [0, 0.05) is 25.2 Å². The number of nitrogens with one attached hydrogen (secondary N) is 1. The number of hydrogen-bond acceptors (Lipinski definition) is 5. The fourth-order valence-electron chi connectivity index (χ4n) is 3.66. The molecule has 1 aromatic heterocycles. The lowest BCUT2D eigenvalue weighted by molar-refractivity contribution is -0.120. The van der Waals surface area contributed by atoms with Crippen molar-refractivity contribution in [2.45, 2.75) is 61.0 Å². The number of hydrogen-bond donors (Lipinski definition) is 1. The Hall–Kier alpha value is -2.09. The van der Waals surface area contributed by atoms with Crippen LogP contribution in [0.3, 0.4) is 0 Å². The quantitative estimate of drug-likeness (QED) is 0.720. The largest absolute Gasteiger partial charge is 0.352 e. The van der Waals surface area contributed by atoms with Crippen LogP contribution in [0.15, 0.2) is 29.4 Å². The number of carbonyl (C=O) groups is 1. The van der Waals surface area contributed by atoms with Crippen LogP contribution in [0.5, 0.6) is 0 Å². The van der Waals surface area contributed by atoms with Crippen molar-refractivity contribution in [3.8, 4) is 0 Å². The molecule has 0 radical (unpaired) electrons. The van der Waals surface area contributed by atoms with Crippen LogP contribution < -0.4 is 10.2 Å². The van der Waals surface area contributed by atoms with Crippen molar-refractivity contribution in [2.24, 2.45) is 0 Å². The Morgan fingerprint density at radius 1 is 1.11 bits per heavy atom. The number of thioether (sulfide) groups is 1. The van der Waals surface area contributed by atoms with Crippen LogP contribution >= 0.6 is 11.8 Å². The van der Waals surface area contributed by atoms with Crippen molar-refractivity contribution in [3.63, 3.8) is 0 Å². The predicted molar refractivity (Wildman–Crippen MR) is 106 cm³/mol. The summed E-state index contributed by atoms with van der Waals surface area (Å²) in [5, 5.41) is 12.4. The highest BCUT2D eigenvalue weighted by Gasteiger charge is 2.35. The molecule has 3 aliphatic rings. The standard InChI is InChI=1S/C20H24FN5OS/c21-14-5-3-13(4-6-14)17(18(27)22-15-7-8-15)28-20-24-23-19(25-11-1-2-12-25)26(20)16-9-10-16/h3-6,15-17H,1-2,7-12H2,(H,22,27). The van der Waals surface area contributed by atoms with Gasteiger partial charge in [0.25, 0.3) is 0 Å². The molecule has 148 valence electrons. The fraction of sp³-hybridized carbons (Fsp3) is 0.550. The van der Waals surface area contributed by atoms with Crippen molar-refractivity contribution in [2.75, 3.05) is 18.0 Å². The van der Waals surface area contributed by atoms with E-state index in [2.05, 4.69) is 25.0 Å². The van der Waals surface area contributed by atoms with Crippen LogP contribution in [0.2, 0.25) is 0 Å². The van der Waals surface area contributed by atoms with Gasteiger partial charge < -0.3 is 10.2 Å². The maximum Gasteiger partial charge on any atom is 0.238 e. The van der Waals surface area contributed by atoms with Crippen LogP contribution in [-0.2, 0) is 4.79 Å². The maximum atomic E-state index is 13.4. The first-order chi connectivity index (χ1) is 13.7. The SMILES string of the molecule is O=C(NC1CC1)C(Sc1nnc(N2CCCC2)n1C1CC1)c1ccc(F)cc1. The van der Waals surface area contributed by atoms with Crippen LogP contribution in [0.25, 0.3) is 0 Å². The number of anilines is 1. The van der Waals surface area contributed by atoms with Crippen molar-refractivity contribution in [1.29, 1.82) is 0 Å². The highest BCUT2D eigenvalue weighted by molar-refractivity contribution is 8.00. The number of aromatic nitrogens is 3. The van der Waals surface area contributed by atoms with E-state index in [1.54, 1.807) is 12.1 Å². The molecule has 2 aromatic rings. The third kappa shape index (κ3) is 3.74. The second kappa shape index (κ2) is 7.39. The molecule has 1 unspecified atom stereocenters. The Balaban J connectivity index is 1.44. The first kappa shape index (κ1) is 18.0. The van der Waals surface area contributed by atoms with Crippen molar-refractivity contribution in [3.05, 3.63) is 35.6 Å². The lowest BCUT2D eigenvalue weighted by atomic mass is 10.1. The molecule has 2 aliphatic carbocycles. The van der Waals surface area contributed by atoms with E-state index in [0.29, 0.717) is 6.04 Å². The summed E-state index contributed by atoms with van der Waals surface area (Å²) in [6.45, 7) is 2.03. The van der Waals surface area contributed by atoms with Gasteiger partial charge in [-0.05, 0) is 56.2 Å². The summed E-state index contributed by atoms with van der Waals surface area (Å²) in [5.41, 5.74) is 0.789. The summed E-state index contributed by atoms with van der Waals surface area (Å²) >= 11 is 1.43. The van der Waals surface area contributed by atoms with E-state index in [-0.39, 0.29) is 17.8 Å². The molecule has 0 spiro atoms. The van der Waals surface area contributed by atoms with Crippen LogP contribution in [0.4, 0.5) is 10.3 Å². The number of rotatable bonds is 7. The molecule has 2 saturated carbocycles. The van der Waals surface area contributed by atoms with E-state index in [4.69, 9.17) is 0 Å². The van der Waals surface area contributed by atoms with Gasteiger partial charge in [0.15, 0.2) is 5.16 Å². The van der Waals surface area contributed by atoms with E-state index >= 15 is 0 Å². The van der Waals surface area contributed by atoms with E-state index in [0.717, 1.165) is 55.4 Å². The summed E-state index contributed by atoms with van der Waals surface area (Å²) in [6.07, 6.45) is 6.68. The molecule has 1 amide bonds. The highest BCUT2D eigenvalue weighted by Crippen LogP contribution is 2.44. The minimum atomic E-state index is -0.464. The van der Waals surface area contributed by atoms with Crippen LogP contribution in [-0.4, -0.2) is 39.8 Å². The van der Waals surface area contributed by atoms with Gasteiger partial charge in [-0.15, -0.1) is 10.2 Å². The molecule has 3 fully saturated rings. The average Bonchev–Trinajstić information content (AvgIpc) is 3.60. The second-order valence-corrected chi connectivity index (χ2v) is 8.98. The number of carbonyl (C=O) groups excluding carboxylic acids is 1. The van der Waals surface area contributed by atoms with E-state index in [1.807, 2.05) is 0 Å². The lowest BCUT2D eigenvalue weighted by Crippen LogP contribution is -2.30. The van der Waals surface area contributed by atoms with Gasteiger partial charge in [-0.3, -0.25) is 9.36 Å². The molecule has 0 bridgehead atoms. The molecule has 28 heavy (non-hydrogen) atoms. The molecular weight excluding hydrogens is 377 g/mol. The molecule has 8 heteroatoms. The third-order valence-corrected chi connectivity index (χ3v) is 6.72. The summed E-state index contributed by atoms with van der Waals surface area (Å²) in [5.74, 6) is 0.600. The van der Waals surface area contributed by atoms with Gasteiger partial charge >= 0.3 is 0 Å². The number of nitrogens with zero attached hydrogens (tertiary/aromatic N) is 4. The van der Waals surface area contributed by atoms with Gasteiger partial charge in [0.1, 0.15) is 11.1 Å². The second-order valence-electron chi connectivity index (χ2n) is 7.91. The molecule has 2 heterocycles. The average molecular weight is 402 g/mol. The Kier molecular flexibility index (Phi) is 4.74. The number of benzene rings is 1. The first-order valence-electron chi connectivity index (χ1n) is 10.1. The predicted octanol–water partition coefficient (Wildman–Crippen LogP) is 3.46.